The van der Waals surface area contributed by atoms with Crippen LogP contribution in [-0.2, 0) is 14.4 Å². The van der Waals surface area contributed by atoms with Crippen LogP contribution < -0.4 is 25.0 Å². The van der Waals surface area contributed by atoms with E-state index in [0.29, 0.717) is 36.9 Å². The van der Waals surface area contributed by atoms with E-state index in [2.05, 4.69) is 10.6 Å². The first-order valence-corrected chi connectivity index (χ1v) is 9.27. The molecule has 0 unspecified atom stereocenters. The maximum Gasteiger partial charge on any atom is 0.242 e. The van der Waals surface area contributed by atoms with E-state index in [1.807, 2.05) is 6.92 Å². The monoisotopic (exact) mass is 375 g/mol. The number of carbonyl (C=O) groups excluding carboxylic acids is 3. The van der Waals surface area contributed by atoms with Crippen LogP contribution >= 0.6 is 0 Å². The van der Waals surface area contributed by atoms with E-state index in [1.54, 1.807) is 30.0 Å². The van der Waals surface area contributed by atoms with Gasteiger partial charge in [-0.15, -0.1) is 0 Å². The summed E-state index contributed by atoms with van der Waals surface area (Å²) in [6.07, 6.45) is 0.942. The predicted octanol–water partition coefficient (Wildman–Crippen LogP) is 0.842. The fourth-order valence-corrected chi connectivity index (χ4v) is 3.13. The highest BCUT2D eigenvalue weighted by atomic mass is 16.6. The van der Waals surface area contributed by atoms with E-state index < -0.39 is 12.0 Å². The quantitative estimate of drug-likeness (QED) is 0.768. The first kappa shape index (κ1) is 19.0. The zero-order valence-corrected chi connectivity index (χ0v) is 15.6. The van der Waals surface area contributed by atoms with E-state index >= 15 is 0 Å². The van der Waals surface area contributed by atoms with Crippen molar-refractivity contribution >= 4 is 23.4 Å². The molecule has 0 aromatic heterocycles. The minimum Gasteiger partial charge on any atom is -0.486 e. The highest BCUT2D eigenvalue weighted by Crippen LogP contribution is 2.35. The number of amides is 3. The Morgan fingerprint density at radius 1 is 1.26 bits per heavy atom. The van der Waals surface area contributed by atoms with Gasteiger partial charge in [-0.25, -0.2) is 0 Å². The van der Waals surface area contributed by atoms with Crippen LogP contribution in [0.15, 0.2) is 18.2 Å². The number of nitrogens with one attached hydrogen (secondary N) is 2. The lowest BCUT2D eigenvalue weighted by molar-refractivity contribution is -0.130. The van der Waals surface area contributed by atoms with Crippen LogP contribution in [0.1, 0.15) is 26.7 Å². The Balaban J connectivity index is 1.61. The summed E-state index contributed by atoms with van der Waals surface area (Å²) in [4.78, 5) is 38.4. The molecule has 2 heterocycles. The highest BCUT2D eigenvalue weighted by Gasteiger charge is 2.36. The van der Waals surface area contributed by atoms with Gasteiger partial charge in [0, 0.05) is 31.3 Å². The predicted molar refractivity (Wildman–Crippen MR) is 98.8 cm³/mol. The maximum absolute atomic E-state index is 12.5. The zero-order chi connectivity index (χ0) is 19.4. The molecule has 0 saturated carbocycles. The molecule has 1 fully saturated rings. The van der Waals surface area contributed by atoms with Crippen molar-refractivity contribution in [3.63, 3.8) is 0 Å². The number of hydrogen-bond donors (Lipinski definition) is 2. The van der Waals surface area contributed by atoms with E-state index in [-0.39, 0.29) is 30.7 Å². The van der Waals surface area contributed by atoms with Gasteiger partial charge in [-0.3, -0.25) is 14.4 Å². The average molecular weight is 375 g/mol. The molecule has 0 bridgehead atoms. The Kier molecular flexibility index (Phi) is 5.83. The number of fused-ring (bicyclic) bond motifs is 1. The molecule has 0 aliphatic carbocycles. The van der Waals surface area contributed by atoms with E-state index in [9.17, 15) is 14.4 Å². The van der Waals surface area contributed by atoms with Crippen molar-refractivity contribution in [1.82, 2.24) is 10.6 Å². The van der Waals surface area contributed by atoms with Gasteiger partial charge >= 0.3 is 0 Å². The summed E-state index contributed by atoms with van der Waals surface area (Å²) in [5, 5.41) is 5.44. The van der Waals surface area contributed by atoms with Crippen molar-refractivity contribution in [2.75, 3.05) is 31.2 Å². The minimum atomic E-state index is -0.637. The van der Waals surface area contributed by atoms with Crippen molar-refractivity contribution in [1.29, 1.82) is 0 Å². The van der Waals surface area contributed by atoms with Gasteiger partial charge in [-0.2, -0.15) is 0 Å². The van der Waals surface area contributed by atoms with Crippen LogP contribution in [0, 0.1) is 5.92 Å². The maximum atomic E-state index is 12.5. The molecule has 2 N–H and O–H groups in total. The third kappa shape index (κ3) is 4.32. The van der Waals surface area contributed by atoms with Gasteiger partial charge < -0.3 is 25.0 Å². The molecule has 2 atom stereocenters. The Morgan fingerprint density at radius 3 is 2.74 bits per heavy atom. The summed E-state index contributed by atoms with van der Waals surface area (Å²) in [6.45, 7) is 5.40. The van der Waals surface area contributed by atoms with Gasteiger partial charge in [0.15, 0.2) is 11.5 Å². The Labute approximate surface area is 158 Å². The molecule has 8 heteroatoms. The fourth-order valence-electron chi connectivity index (χ4n) is 3.13. The van der Waals surface area contributed by atoms with Crippen molar-refractivity contribution in [3.8, 4) is 11.5 Å². The molecule has 2 aliphatic heterocycles. The van der Waals surface area contributed by atoms with Gasteiger partial charge in [-0.05, 0) is 25.5 Å². The van der Waals surface area contributed by atoms with Crippen LogP contribution in [0.4, 0.5) is 5.69 Å². The van der Waals surface area contributed by atoms with Gasteiger partial charge in [0.2, 0.25) is 17.7 Å². The van der Waals surface area contributed by atoms with Crippen molar-refractivity contribution in [2.45, 2.75) is 32.7 Å². The number of carbonyl (C=O) groups is 3. The molecule has 0 radical (unpaired) electrons. The van der Waals surface area contributed by atoms with Crippen LogP contribution in [0.5, 0.6) is 11.5 Å². The third-order valence-electron chi connectivity index (χ3n) is 4.63. The molecule has 1 saturated heterocycles. The minimum absolute atomic E-state index is 0.115. The number of ether oxygens (including phenoxy) is 2. The second-order valence-electron chi connectivity index (χ2n) is 6.75. The Hall–Kier alpha value is -2.77. The molecule has 3 amide bonds. The molecule has 2 aliphatic rings. The third-order valence-corrected chi connectivity index (χ3v) is 4.63. The van der Waals surface area contributed by atoms with Crippen molar-refractivity contribution in [3.05, 3.63) is 18.2 Å². The fraction of sp³-hybridized carbons (Fsp3) is 0.526. The molecular formula is C19H25N3O5. The average Bonchev–Trinajstić information content (AvgIpc) is 3.07. The van der Waals surface area contributed by atoms with Gasteiger partial charge in [-0.1, -0.05) is 6.92 Å². The topological polar surface area (TPSA) is 97.0 Å². The van der Waals surface area contributed by atoms with E-state index in [1.165, 1.54) is 0 Å². The normalized spacial score (nSPS) is 19.6. The molecule has 27 heavy (non-hydrogen) atoms. The van der Waals surface area contributed by atoms with Crippen LogP contribution in [0.2, 0.25) is 0 Å². The molecule has 1 aromatic rings. The SMILES string of the molecule is CCCNC(=O)[C@@H](C)NC(=O)[C@@H]1CC(=O)N(c2ccc3c(c2)OCCO3)C1. The summed E-state index contributed by atoms with van der Waals surface area (Å²) >= 11 is 0. The number of rotatable bonds is 6. The smallest absolute Gasteiger partial charge is 0.242 e. The van der Waals surface area contributed by atoms with Gasteiger partial charge in [0.1, 0.15) is 19.3 Å². The largest absolute Gasteiger partial charge is 0.486 e. The summed E-state index contributed by atoms with van der Waals surface area (Å²) in [7, 11) is 0. The van der Waals surface area contributed by atoms with Crippen LogP contribution in [0.3, 0.4) is 0 Å². The molecule has 3 rings (SSSR count). The first-order valence-electron chi connectivity index (χ1n) is 9.27. The number of nitrogens with zero attached hydrogens (tertiary/aromatic N) is 1. The van der Waals surface area contributed by atoms with Gasteiger partial charge in [0.05, 0.1) is 5.92 Å². The molecule has 8 nitrogen and oxygen atoms in total. The van der Waals surface area contributed by atoms with Crippen LogP contribution in [-0.4, -0.2) is 50.1 Å². The van der Waals surface area contributed by atoms with Crippen molar-refractivity contribution < 1.29 is 23.9 Å². The summed E-state index contributed by atoms with van der Waals surface area (Å²) < 4.78 is 11.0. The molecule has 1 aromatic carbocycles. The molecule has 146 valence electrons. The number of benzene rings is 1. The number of anilines is 1. The van der Waals surface area contributed by atoms with Crippen molar-refractivity contribution in [2.24, 2.45) is 5.92 Å². The Morgan fingerprint density at radius 2 is 2.00 bits per heavy atom. The van der Waals surface area contributed by atoms with E-state index in [4.69, 9.17) is 9.47 Å². The summed E-state index contributed by atoms with van der Waals surface area (Å²) in [6, 6.07) is 4.67. The zero-order valence-electron chi connectivity index (χ0n) is 15.6. The highest BCUT2D eigenvalue weighted by molar-refractivity contribution is 6.01. The van der Waals surface area contributed by atoms with Crippen LogP contribution in [0.25, 0.3) is 0 Å². The van der Waals surface area contributed by atoms with Gasteiger partial charge in [0.25, 0.3) is 0 Å². The molecule has 0 spiro atoms. The first-order chi connectivity index (χ1) is 13.0. The second kappa shape index (κ2) is 8.28. The lowest BCUT2D eigenvalue weighted by Crippen LogP contribution is -2.47. The lowest BCUT2D eigenvalue weighted by atomic mass is 10.1. The summed E-state index contributed by atoms with van der Waals surface area (Å²) in [5.41, 5.74) is 0.674. The Bertz CT molecular complexity index is 736. The number of hydrogen-bond acceptors (Lipinski definition) is 5. The standard InChI is InChI=1S/C19H25N3O5/c1-3-6-20-18(24)12(2)21-19(25)13-9-17(23)22(11-13)14-4-5-15-16(10-14)27-8-7-26-15/h4-5,10,12-13H,3,6-9,11H2,1-2H3,(H,20,24)(H,21,25)/t12-,13-/m1/s1. The lowest BCUT2D eigenvalue weighted by Gasteiger charge is -2.22. The summed E-state index contributed by atoms with van der Waals surface area (Å²) in [5.74, 6) is 0.112. The van der Waals surface area contributed by atoms with E-state index in [0.717, 1.165) is 6.42 Å². The molecular weight excluding hydrogens is 350 g/mol. The second-order valence-corrected chi connectivity index (χ2v) is 6.75.